The molecule has 2 aromatic rings. The van der Waals surface area contributed by atoms with Crippen LogP contribution in [-0.2, 0) is 21.5 Å². The molecule has 2 aliphatic heterocycles. The average molecular weight is 627 g/mol. The van der Waals surface area contributed by atoms with Gasteiger partial charge >= 0.3 is 0 Å². The lowest BCUT2D eigenvalue weighted by atomic mass is 9.79. The number of piperazine rings is 1. The van der Waals surface area contributed by atoms with Crippen molar-refractivity contribution in [3.8, 4) is 0 Å². The van der Waals surface area contributed by atoms with Crippen LogP contribution in [-0.4, -0.2) is 92.5 Å². The number of benzene rings is 1. The number of likely N-dealkylation sites (N-methyl/N-ethyl adjacent to an activating group) is 1. The first-order valence-electron chi connectivity index (χ1n) is 17.1. The third-order valence-electron chi connectivity index (χ3n) is 10.6. The molecule has 0 radical (unpaired) electrons. The zero-order valence-corrected chi connectivity index (χ0v) is 28.0. The maximum Gasteiger partial charge on any atom is 0.219 e. The molecule has 0 bridgehead atoms. The molecule has 3 atom stereocenters. The van der Waals surface area contributed by atoms with Crippen LogP contribution in [0.3, 0.4) is 0 Å². The summed E-state index contributed by atoms with van der Waals surface area (Å²) in [6.45, 7) is 15.8. The number of carbonyl (C=O) groups excluding carboxylic acids is 1. The number of hydrogen-bond acceptors (Lipinski definition) is 8. The molecular weight excluding hydrogens is 571 g/mol. The normalized spacial score (nSPS) is 24.4. The lowest BCUT2D eigenvalue weighted by Gasteiger charge is -2.37. The van der Waals surface area contributed by atoms with E-state index >= 15 is 4.39 Å². The van der Waals surface area contributed by atoms with Crippen molar-refractivity contribution < 1.29 is 18.4 Å². The summed E-state index contributed by atoms with van der Waals surface area (Å²) in [7, 11) is 2.14. The topological polar surface area (TPSA) is 94.9 Å². The van der Waals surface area contributed by atoms with Crippen LogP contribution >= 0.6 is 0 Å². The van der Waals surface area contributed by atoms with Gasteiger partial charge < -0.3 is 30.1 Å². The van der Waals surface area contributed by atoms with Crippen molar-refractivity contribution in [1.82, 2.24) is 25.6 Å². The Kier molecular flexibility index (Phi) is 11.6. The van der Waals surface area contributed by atoms with E-state index < -0.39 is 0 Å². The Morgan fingerprint density at radius 3 is 2.53 bits per heavy atom. The van der Waals surface area contributed by atoms with Gasteiger partial charge in [-0.3, -0.25) is 9.69 Å². The first-order chi connectivity index (χ1) is 21.6. The number of halogens is 1. The number of aromatic nitrogens is 1. The van der Waals surface area contributed by atoms with Crippen molar-refractivity contribution in [1.29, 1.82) is 0 Å². The first-order valence-corrected chi connectivity index (χ1v) is 17.1. The summed E-state index contributed by atoms with van der Waals surface area (Å²) in [4.78, 5) is 17.2. The van der Waals surface area contributed by atoms with Gasteiger partial charge in [0, 0.05) is 75.8 Å². The van der Waals surface area contributed by atoms with Gasteiger partial charge in [0.05, 0.1) is 30.0 Å². The molecule has 3 aliphatic rings. The molecule has 2 saturated heterocycles. The molecule has 1 saturated carbocycles. The second kappa shape index (κ2) is 15.4. The van der Waals surface area contributed by atoms with Crippen molar-refractivity contribution in [2.24, 2.45) is 11.8 Å². The third-order valence-corrected chi connectivity index (χ3v) is 10.6. The Morgan fingerprint density at radius 2 is 1.89 bits per heavy atom. The molecule has 1 amide bonds. The van der Waals surface area contributed by atoms with Gasteiger partial charge in [-0.1, -0.05) is 44.8 Å². The molecule has 3 fully saturated rings. The smallest absolute Gasteiger partial charge is 0.219 e. The summed E-state index contributed by atoms with van der Waals surface area (Å²) >= 11 is 0. The second-order valence-corrected chi connectivity index (χ2v) is 14.3. The zero-order valence-electron chi connectivity index (χ0n) is 28.0. The van der Waals surface area contributed by atoms with E-state index in [4.69, 9.17) is 9.26 Å². The van der Waals surface area contributed by atoms with E-state index in [-0.39, 0.29) is 35.1 Å². The lowest BCUT2D eigenvalue weighted by molar-refractivity contribution is -0.121. The summed E-state index contributed by atoms with van der Waals surface area (Å²) < 4.78 is 26.5. The minimum Gasteiger partial charge on any atom is -0.381 e. The Bertz CT molecular complexity index is 1240. The largest absolute Gasteiger partial charge is 0.381 e. The molecule has 9 nitrogen and oxygen atoms in total. The monoisotopic (exact) mass is 626 g/mol. The quantitative estimate of drug-likeness (QED) is 0.277. The molecule has 1 aliphatic carbocycles. The van der Waals surface area contributed by atoms with Crippen LogP contribution in [0, 0.1) is 17.7 Å². The predicted molar refractivity (Wildman–Crippen MR) is 176 cm³/mol. The molecule has 1 aromatic heterocycles. The van der Waals surface area contributed by atoms with E-state index in [1.165, 1.54) is 25.7 Å². The number of nitrogens with one attached hydrogen (secondary N) is 3. The average Bonchev–Trinajstić information content (AvgIpc) is 3.50. The number of rotatable bonds is 14. The third kappa shape index (κ3) is 8.64. The fourth-order valence-corrected chi connectivity index (χ4v) is 7.12. The molecule has 3 heterocycles. The molecule has 5 rings (SSSR count). The summed E-state index contributed by atoms with van der Waals surface area (Å²) in [5.41, 5.74) is 3.36. The minimum absolute atomic E-state index is 0.0250. The van der Waals surface area contributed by atoms with Crippen LogP contribution in [0.25, 0.3) is 0 Å². The number of ether oxygens (including phenoxy) is 1. The van der Waals surface area contributed by atoms with Crippen molar-refractivity contribution in [3.05, 3.63) is 47.1 Å². The highest BCUT2D eigenvalue weighted by Gasteiger charge is 2.40. The van der Waals surface area contributed by atoms with E-state index in [1.54, 1.807) is 12.3 Å². The van der Waals surface area contributed by atoms with E-state index in [9.17, 15) is 4.79 Å². The van der Waals surface area contributed by atoms with E-state index in [2.05, 4.69) is 58.7 Å². The van der Waals surface area contributed by atoms with Gasteiger partial charge in [-0.05, 0) is 56.3 Å². The maximum absolute atomic E-state index is 15.7. The van der Waals surface area contributed by atoms with Crippen molar-refractivity contribution in [2.75, 3.05) is 64.8 Å². The SMILES string of the molecule is CCC(=O)NC(CN1CCN(C)CC1)[C@@H](C)c1ccc(NC[C@@H](NCc2conc2C2(C)COC2)C2CCC(C)CC2)c(F)c1. The molecular formula is C35H55FN6O3. The number of hydrogen-bond donors (Lipinski definition) is 3. The summed E-state index contributed by atoms with van der Waals surface area (Å²) in [5, 5.41) is 14.8. The van der Waals surface area contributed by atoms with E-state index in [1.807, 2.05) is 19.1 Å². The van der Waals surface area contributed by atoms with Gasteiger partial charge in [0.25, 0.3) is 0 Å². The fraction of sp³-hybridized carbons (Fsp3) is 0.714. The van der Waals surface area contributed by atoms with Gasteiger partial charge in [-0.25, -0.2) is 4.39 Å². The van der Waals surface area contributed by atoms with Gasteiger partial charge in [0.15, 0.2) is 0 Å². The van der Waals surface area contributed by atoms with Gasteiger partial charge in [0.2, 0.25) is 5.91 Å². The van der Waals surface area contributed by atoms with Crippen LogP contribution in [0.1, 0.15) is 82.5 Å². The molecule has 10 heteroatoms. The maximum atomic E-state index is 15.7. The second-order valence-electron chi connectivity index (χ2n) is 14.3. The van der Waals surface area contributed by atoms with Crippen LogP contribution in [0.2, 0.25) is 0 Å². The molecule has 45 heavy (non-hydrogen) atoms. The van der Waals surface area contributed by atoms with Crippen molar-refractivity contribution >= 4 is 11.6 Å². The summed E-state index contributed by atoms with van der Waals surface area (Å²) in [5.74, 6) is 1.02. The Balaban J connectivity index is 1.24. The van der Waals surface area contributed by atoms with Crippen molar-refractivity contribution in [2.45, 2.75) is 89.8 Å². The van der Waals surface area contributed by atoms with Crippen LogP contribution < -0.4 is 16.0 Å². The van der Waals surface area contributed by atoms with Gasteiger partial charge in [-0.15, -0.1) is 0 Å². The minimum atomic E-state index is -0.255. The van der Waals surface area contributed by atoms with Gasteiger partial charge in [0.1, 0.15) is 12.1 Å². The highest BCUT2D eigenvalue weighted by atomic mass is 19.1. The number of anilines is 1. The molecule has 1 aromatic carbocycles. The predicted octanol–water partition coefficient (Wildman–Crippen LogP) is 4.74. The van der Waals surface area contributed by atoms with Crippen LogP contribution in [0.4, 0.5) is 10.1 Å². The highest BCUT2D eigenvalue weighted by Crippen LogP contribution is 2.34. The van der Waals surface area contributed by atoms with E-state index in [0.717, 1.165) is 55.5 Å². The number of nitrogens with zero attached hydrogens (tertiary/aromatic N) is 3. The first kappa shape index (κ1) is 33.8. The highest BCUT2D eigenvalue weighted by molar-refractivity contribution is 5.76. The van der Waals surface area contributed by atoms with E-state index in [0.29, 0.717) is 44.3 Å². The molecule has 3 N–H and O–H groups in total. The molecule has 250 valence electrons. The fourth-order valence-electron chi connectivity index (χ4n) is 7.12. The Labute approximate surface area is 269 Å². The molecule has 0 spiro atoms. The van der Waals surface area contributed by atoms with Crippen LogP contribution in [0.15, 0.2) is 29.0 Å². The number of carbonyl (C=O) groups is 1. The summed E-state index contributed by atoms with van der Waals surface area (Å²) in [6.07, 6.45) is 6.96. The Hall–Kier alpha value is -2.53. The summed E-state index contributed by atoms with van der Waals surface area (Å²) in [6, 6.07) is 5.63. The molecule has 1 unspecified atom stereocenters. The Morgan fingerprint density at radius 1 is 1.16 bits per heavy atom. The number of amides is 1. The zero-order chi connectivity index (χ0) is 32.0. The lowest BCUT2D eigenvalue weighted by Crippen LogP contribution is -2.52. The van der Waals surface area contributed by atoms with Crippen LogP contribution in [0.5, 0.6) is 0 Å². The van der Waals surface area contributed by atoms with Crippen molar-refractivity contribution in [3.63, 3.8) is 0 Å². The standard InChI is InChI=1S/C35H55FN6O3/c1-6-33(43)39-32(20-42-15-13-41(5)14-16-42)25(3)27-11-12-30(29(36)17-27)38-19-31(26-9-7-24(2)8-10-26)37-18-28-21-45-40-34(28)35(4)22-44-23-35/h11-12,17,21,24-26,31-32,37-38H,6-10,13-16,18-20,22-23H2,1-5H3,(H,39,43)/t24?,25-,26?,31+,32?/m0/s1. The van der Waals surface area contributed by atoms with Gasteiger partial charge in [-0.2, -0.15) is 0 Å².